The van der Waals surface area contributed by atoms with Crippen molar-refractivity contribution in [1.29, 1.82) is 0 Å². The number of halogens is 1. The lowest BCUT2D eigenvalue weighted by Gasteiger charge is -2.08. The van der Waals surface area contributed by atoms with Gasteiger partial charge in [-0.25, -0.2) is 4.39 Å². The first kappa shape index (κ1) is 12.4. The van der Waals surface area contributed by atoms with Gasteiger partial charge in [-0.05, 0) is 24.8 Å². The summed E-state index contributed by atoms with van der Waals surface area (Å²) >= 11 is 1.52. The third-order valence-corrected chi connectivity index (χ3v) is 4.23. The molecule has 0 radical (unpaired) electrons. The number of benzene rings is 1. The van der Waals surface area contributed by atoms with Crippen LogP contribution in [0.1, 0.15) is 25.7 Å². The molecule has 3 nitrogen and oxygen atoms in total. The van der Waals surface area contributed by atoms with Crippen molar-refractivity contribution in [1.82, 2.24) is 0 Å². The Morgan fingerprint density at radius 1 is 1.35 bits per heavy atom. The maximum atomic E-state index is 13.2. The maximum absolute atomic E-state index is 13.2. The van der Waals surface area contributed by atoms with Gasteiger partial charge in [0.15, 0.2) is 0 Å². The zero-order chi connectivity index (χ0) is 12.3. The fourth-order valence-corrected chi connectivity index (χ4v) is 3.29. The monoisotopic (exact) mass is 255 g/mol. The highest BCUT2D eigenvalue weighted by atomic mass is 32.2. The maximum Gasteiger partial charge on any atom is 0.273 e. The summed E-state index contributed by atoms with van der Waals surface area (Å²) in [6, 6.07) is 3.77. The lowest BCUT2D eigenvalue weighted by atomic mass is 10.1. The number of thioether (sulfide) groups is 1. The zero-order valence-electron chi connectivity index (χ0n) is 9.39. The van der Waals surface area contributed by atoms with Crippen LogP contribution >= 0.6 is 11.8 Å². The largest absolute Gasteiger partial charge is 0.273 e. The highest BCUT2D eigenvalue weighted by Gasteiger charge is 2.16. The molecule has 0 aliphatic heterocycles. The second-order valence-corrected chi connectivity index (χ2v) is 5.46. The fraction of sp³-hybridized carbons (Fsp3) is 0.500. The Kier molecular flexibility index (Phi) is 3.99. The molecule has 0 aromatic heterocycles. The molecule has 1 aliphatic carbocycles. The number of nitro benzene ring substituents is 1. The summed E-state index contributed by atoms with van der Waals surface area (Å²) < 4.78 is 13.2. The van der Waals surface area contributed by atoms with Crippen molar-refractivity contribution in [2.45, 2.75) is 30.6 Å². The summed E-state index contributed by atoms with van der Waals surface area (Å²) in [5.74, 6) is 1.08. The first-order valence-corrected chi connectivity index (χ1v) is 6.71. The van der Waals surface area contributed by atoms with Gasteiger partial charge in [-0.3, -0.25) is 10.1 Å². The van der Waals surface area contributed by atoms with Crippen LogP contribution in [0.5, 0.6) is 0 Å². The topological polar surface area (TPSA) is 43.1 Å². The van der Waals surface area contributed by atoms with Gasteiger partial charge in [-0.15, -0.1) is 11.8 Å². The van der Waals surface area contributed by atoms with E-state index in [4.69, 9.17) is 0 Å². The second-order valence-electron chi connectivity index (χ2n) is 4.36. The summed E-state index contributed by atoms with van der Waals surface area (Å²) in [6.07, 6.45) is 5.00. The van der Waals surface area contributed by atoms with Crippen LogP contribution in [0.2, 0.25) is 0 Å². The lowest BCUT2D eigenvalue weighted by Crippen LogP contribution is -1.97. The normalized spacial score (nSPS) is 16.3. The minimum Gasteiger partial charge on any atom is -0.258 e. The predicted molar refractivity (Wildman–Crippen MR) is 65.7 cm³/mol. The molecule has 1 saturated carbocycles. The molecule has 0 atom stereocenters. The predicted octanol–water partition coefficient (Wildman–Crippen LogP) is 4.02. The molecule has 0 heterocycles. The van der Waals surface area contributed by atoms with Crippen molar-refractivity contribution in [2.24, 2.45) is 5.92 Å². The van der Waals surface area contributed by atoms with Crippen molar-refractivity contribution < 1.29 is 9.31 Å². The average Bonchev–Trinajstić information content (AvgIpc) is 2.78. The van der Waals surface area contributed by atoms with E-state index in [1.54, 1.807) is 0 Å². The Labute approximate surface area is 104 Å². The molecule has 0 amide bonds. The van der Waals surface area contributed by atoms with Gasteiger partial charge < -0.3 is 0 Å². The average molecular weight is 255 g/mol. The standard InChI is InChI=1S/C12H14FNO2S/c13-10-5-11(14(15)16)7-12(6-10)17-8-9-3-1-2-4-9/h5-7,9H,1-4,8H2. The zero-order valence-corrected chi connectivity index (χ0v) is 10.2. The van der Waals surface area contributed by atoms with Crippen molar-refractivity contribution in [3.05, 3.63) is 34.1 Å². The number of non-ortho nitro benzene ring substituents is 1. The second kappa shape index (κ2) is 5.49. The Bertz CT molecular complexity index is 419. The van der Waals surface area contributed by atoms with Crippen molar-refractivity contribution >= 4 is 17.4 Å². The first-order chi connectivity index (χ1) is 8.15. The molecule has 92 valence electrons. The molecule has 17 heavy (non-hydrogen) atoms. The molecule has 2 rings (SSSR count). The smallest absolute Gasteiger partial charge is 0.258 e. The molecule has 1 fully saturated rings. The molecule has 5 heteroatoms. The fourth-order valence-electron chi connectivity index (χ4n) is 2.13. The van der Waals surface area contributed by atoms with Crippen LogP contribution in [0.25, 0.3) is 0 Å². The molecule has 0 N–H and O–H groups in total. The minimum atomic E-state index is -0.553. The van der Waals surface area contributed by atoms with Gasteiger partial charge in [-0.1, -0.05) is 12.8 Å². The third-order valence-electron chi connectivity index (χ3n) is 3.03. The van der Waals surface area contributed by atoms with Crippen molar-refractivity contribution in [3.8, 4) is 0 Å². The van der Waals surface area contributed by atoms with Crippen LogP contribution in [0, 0.1) is 21.8 Å². The highest BCUT2D eigenvalue weighted by molar-refractivity contribution is 7.99. The van der Waals surface area contributed by atoms with E-state index in [1.807, 2.05) is 0 Å². The van der Waals surface area contributed by atoms with Crippen LogP contribution < -0.4 is 0 Å². The Hall–Kier alpha value is -1.10. The van der Waals surface area contributed by atoms with Crippen LogP contribution in [0.3, 0.4) is 0 Å². The lowest BCUT2D eigenvalue weighted by molar-refractivity contribution is -0.385. The van der Waals surface area contributed by atoms with Gasteiger partial charge in [0, 0.05) is 16.7 Å². The van der Waals surface area contributed by atoms with E-state index >= 15 is 0 Å². The number of nitrogens with zero attached hydrogens (tertiary/aromatic N) is 1. The van der Waals surface area contributed by atoms with E-state index in [0.29, 0.717) is 10.8 Å². The molecule has 0 spiro atoms. The highest BCUT2D eigenvalue weighted by Crippen LogP contribution is 2.32. The van der Waals surface area contributed by atoms with Crippen LogP contribution in [-0.2, 0) is 0 Å². The summed E-state index contributed by atoms with van der Waals surface area (Å²) in [5.41, 5.74) is -0.168. The molecule has 0 unspecified atom stereocenters. The Morgan fingerprint density at radius 2 is 2.06 bits per heavy atom. The summed E-state index contributed by atoms with van der Waals surface area (Å²) in [4.78, 5) is 10.7. The van der Waals surface area contributed by atoms with E-state index in [9.17, 15) is 14.5 Å². The molecule has 0 bridgehead atoms. The molecule has 1 aromatic rings. The SMILES string of the molecule is O=[N+]([O-])c1cc(F)cc(SCC2CCCC2)c1. The molecular weight excluding hydrogens is 241 g/mol. The summed E-state index contributed by atoms with van der Waals surface area (Å²) in [7, 11) is 0. The number of hydrogen-bond acceptors (Lipinski definition) is 3. The number of nitro groups is 1. The Morgan fingerprint density at radius 3 is 2.71 bits per heavy atom. The number of hydrogen-bond donors (Lipinski definition) is 0. The van der Waals surface area contributed by atoms with Gasteiger partial charge in [0.25, 0.3) is 5.69 Å². The minimum absolute atomic E-state index is 0.168. The Balaban J connectivity index is 2.01. The quantitative estimate of drug-likeness (QED) is 0.463. The number of rotatable bonds is 4. The van der Waals surface area contributed by atoms with Crippen LogP contribution in [-0.4, -0.2) is 10.7 Å². The third kappa shape index (κ3) is 3.43. The van der Waals surface area contributed by atoms with Gasteiger partial charge in [0.2, 0.25) is 0 Å². The van der Waals surface area contributed by atoms with Gasteiger partial charge in [0.05, 0.1) is 11.0 Å². The van der Waals surface area contributed by atoms with E-state index in [2.05, 4.69) is 0 Å². The van der Waals surface area contributed by atoms with E-state index in [1.165, 1.54) is 49.6 Å². The van der Waals surface area contributed by atoms with Gasteiger partial charge >= 0.3 is 0 Å². The van der Waals surface area contributed by atoms with E-state index < -0.39 is 10.7 Å². The molecule has 0 saturated heterocycles. The van der Waals surface area contributed by atoms with Crippen molar-refractivity contribution in [3.63, 3.8) is 0 Å². The van der Waals surface area contributed by atoms with E-state index in [-0.39, 0.29) is 5.69 Å². The summed E-state index contributed by atoms with van der Waals surface area (Å²) in [6.45, 7) is 0. The summed E-state index contributed by atoms with van der Waals surface area (Å²) in [5, 5.41) is 10.6. The molecule has 1 aromatic carbocycles. The molecular formula is C12H14FNO2S. The van der Waals surface area contributed by atoms with Gasteiger partial charge in [-0.2, -0.15) is 0 Å². The molecule has 1 aliphatic rings. The van der Waals surface area contributed by atoms with Crippen LogP contribution in [0.4, 0.5) is 10.1 Å². The van der Waals surface area contributed by atoms with E-state index in [0.717, 1.165) is 11.8 Å². The van der Waals surface area contributed by atoms with Gasteiger partial charge in [0.1, 0.15) is 5.82 Å². The van der Waals surface area contributed by atoms with Crippen LogP contribution in [0.15, 0.2) is 23.1 Å². The van der Waals surface area contributed by atoms with Crippen molar-refractivity contribution in [2.75, 3.05) is 5.75 Å². The first-order valence-electron chi connectivity index (χ1n) is 5.73.